The second-order valence-electron chi connectivity index (χ2n) is 8.94. The minimum absolute atomic E-state index is 0.0111. The topological polar surface area (TPSA) is 131 Å². The number of pyridine rings is 1. The Balaban J connectivity index is 1.60. The first-order valence-electron chi connectivity index (χ1n) is 12.0. The van der Waals surface area contributed by atoms with Crippen molar-refractivity contribution >= 4 is 27.2 Å². The van der Waals surface area contributed by atoms with Gasteiger partial charge in [-0.2, -0.15) is 15.0 Å². The summed E-state index contributed by atoms with van der Waals surface area (Å²) in [6, 6.07) is 12.1. The van der Waals surface area contributed by atoms with E-state index in [-0.39, 0.29) is 27.3 Å². The van der Waals surface area contributed by atoms with Gasteiger partial charge in [0.15, 0.2) is 0 Å². The Kier molecular flexibility index (Phi) is 6.30. The fourth-order valence-corrected chi connectivity index (χ4v) is 5.81. The van der Waals surface area contributed by atoms with Crippen molar-refractivity contribution in [1.29, 1.82) is 0 Å². The third kappa shape index (κ3) is 4.39. The molecule has 0 radical (unpaired) electrons. The van der Waals surface area contributed by atoms with Crippen LogP contribution in [0.2, 0.25) is 0 Å². The van der Waals surface area contributed by atoms with Crippen LogP contribution in [0.4, 0.5) is 14.5 Å². The van der Waals surface area contributed by atoms with Crippen molar-refractivity contribution in [1.82, 2.24) is 29.1 Å². The lowest BCUT2D eigenvalue weighted by Crippen LogP contribution is -2.39. The van der Waals surface area contributed by atoms with Gasteiger partial charge in [0.05, 0.1) is 35.4 Å². The molecule has 0 aliphatic carbocycles. The molecule has 6 aromatic rings. The quantitative estimate of drug-likeness (QED) is 0.213. The molecule has 4 heterocycles. The van der Waals surface area contributed by atoms with Crippen LogP contribution in [0.15, 0.2) is 82.8 Å². The summed E-state index contributed by atoms with van der Waals surface area (Å²) < 4.78 is 31.4. The fraction of sp³-hybridized carbons (Fsp3) is 0.0741. The third-order valence-corrected chi connectivity index (χ3v) is 7.91. The zero-order valence-corrected chi connectivity index (χ0v) is 21.9. The Morgan fingerprint density at radius 1 is 0.976 bits per heavy atom. The summed E-state index contributed by atoms with van der Waals surface area (Å²) in [4.78, 5) is 44.7. The maximum Gasteiger partial charge on any atom is 0.338 e. The van der Waals surface area contributed by atoms with E-state index in [9.17, 15) is 28.5 Å². The predicted octanol–water partition coefficient (Wildman–Crippen LogP) is 4.40. The van der Waals surface area contributed by atoms with Crippen LogP contribution < -0.4 is 11.2 Å². The maximum atomic E-state index is 14.7. The van der Waals surface area contributed by atoms with E-state index < -0.39 is 34.4 Å². The SMILES string of the molecule is Cc1c(-c2ccc([N+](=O)[O-])cc2)sc2c1c(=O)n(-c1ccc(-n3nccn3)cn1)c(=O)n2Cc1c(F)cccc1F. The molecule has 41 heavy (non-hydrogen) atoms. The number of benzene rings is 2. The average Bonchev–Trinajstić information content (AvgIpc) is 3.62. The van der Waals surface area contributed by atoms with Gasteiger partial charge in [-0.05, 0) is 54.4 Å². The predicted molar refractivity (Wildman–Crippen MR) is 147 cm³/mol. The van der Waals surface area contributed by atoms with E-state index in [1.807, 2.05) is 0 Å². The molecule has 0 atom stereocenters. The largest absolute Gasteiger partial charge is 0.338 e. The van der Waals surface area contributed by atoms with E-state index in [4.69, 9.17) is 0 Å². The van der Waals surface area contributed by atoms with E-state index in [1.54, 1.807) is 13.0 Å². The highest BCUT2D eigenvalue weighted by Gasteiger charge is 2.24. The van der Waals surface area contributed by atoms with Crippen LogP contribution >= 0.6 is 11.3 Å². The minimum atomic E-state index is -0.848. The first kappa shape index (κ1) is 25.9. The number of fused-ring (bicyclic) bond motifs is 1. The number of hydrogen-bond acceptors (Lipinski definition) is 8. The Bertz CT molecular complexity index is 2050. The standard InChI is InChI=1S/C27H17F2N7O4S/c1-15-23-25(37)34(22-10-9-18(13-30-22)35-31-11-12-32-35)27(38)33(14-19-20(28)3-2-4-21(19)29)26(23)41-24(15)16-5-7-17(8-6-16)36(39)40/h2-13H,14H2,1H3. The van der Waals surface area contributed by atoms with E-state index >= 15 is 0 Å². The highest BCUT2D eigenvalue weighted by atomic mass is 32.1. The molecule has 0 spiro atoms. The zero-order valence-electron chi connectivity index (χ0n) is 21.1. The van der Waals surface area contributed by atoms with Gasteiger partial charge >= 0.3 is 5.69 Å². The van der Waals surface area contributed by atoms with Gasteiger partial charge in [0.25, 0.3) is 11.2 Å². The number of hydrogen-bond donors (Lipinski definition) is 0. The molecule has 0 aliphatic rings. The van der Waals surface area contributed by atoms with Gasteiger partial charge < -0.3 is 0 Å². The summed E-state index contributed by atoms with van der Waals surface area (Å²) in [5, 5.41) is 19.3. The molecule has 0 fully saturated rings. The summed E-state index contributed by atoms with van der Waals surface area (Å²) in [7, 11) is 0. The lowest BCUT2D eigenvalue weighted by Gasteiger charge is -2.13. The molecular formula is C27H17F2N7O4S. The lowest BCUT2D eigenvalue weighted by molar-refractivity contribution is -0.384. The number of rotatable bonds is 6. The molecule has 0 saturated carbocycles. The smallest absolute Gasteiger partial charge is 0.279 e. The molecule has 0 unspecified atom stereocenters. The number of aryl methyl sites for hydroxylation is 1. The Hall–Kier alpha value is -5.37. The van der Waals surface area contributed by atoms with E-state index in [1.165, 1.54) is 59.8 Å². The first-order chi connectivity index (χ1) is 19.7. The van der Waals surface area contributed by atoms with Crippen molar-refractivity contribution in [3.05, 3.63) is 127 Å². The van der Waals surface area contributed by atoms with Gasteiger partial charge in [-0.25, -0.2) is 23.1 Å². The summed E-state index contributed by atoms with van der Waals surface area (Å²) in [5.41, 5.74) is -0.426. The van der Waals surface area contributed by atoms with Crippen LogP contribution in [-0.2, 0) is 6.54 Å². The third-order valence-electron chi connectivity index (χ3n) is 6.54. The molecule has 0 amide bonds. The molecule has 4 aromatic heterocycles. The fourth-order valence-electron chi connectivity index (χ4n) is 4.52. The zero-order chi connectivity index (χ0) is 28.8. The lowest BCUT2D eigenvalue weighted by atomic mass is 10.1. The molecule has 14 heteroatoms. The first-order valence-corrected chi connectivity index (χ1v) is 12.9. The molecule has 0 aliphatic heterocycles. The van der Waals surface area contributed by atoms with Crippen molar-refractivity contribution in [3.8, 4) is 21.9 Å². The summed E-state index contributed by atoms with van der Waals surface area (Å²) in [5.74, 6) is -1.70. The number of aromatic nitrogens is 6. The monoisotopic (exact) mass is 573 g/mol. The number of halogens is 2. The van der Waals surface area contributed by atoms with Crippen LogP contribution in [0.25, 0.3) is 32.2 Å². The Morgan fingerprint density at radius 3 is 2.27 bits per heavy atom. The molecule has 0 bridgehead atoms. The van der Waals surface area contributed by atoms with Crippen molar-refractivity contribution in [3.63, 3.8) is 0 Å². The minimum Gasteiger partial charge on any atom is -0.279 e. The number of nitro benzene ring substituents is 1. The van der Waals surface area contributed by atoms with Gasteiger partial charge in [-0.1, -0.05) is 6.07 Å². The number of nitrogens with zero attached hydrogens (tertiary/aromatic N) is 7. The van der Waals surface area contributed by atoms with E-state index in [2.05, 4.69) is 15.2 Å². The summed E-state index contributed by atoms with van der Waals surface area (Å²) in [6.45, 7) is 1.18. The second kappa shape index (κ2) is 9.98. The molecule has 11 nitrogen and oxygen atoms in total. The van der Waals surface area contributed by atoms with Crippen molar-refractivity contribution in [2.45, 2.75) is 13.5 Å². The Morgan fingerprint density at radius 2 is 1.66 bits per heavy atom. The van der Waals surface area contributed by atoms with E-state index in [0.29, 0.717) is 21.7 Å². The van der Waals surface area contributed by atoms with Crippen molar-refractivity contribution < 1.29 is 13.7 Å². The summed E-state index contributed by atoms with van der Waals surface area (Å²) in [6.07, 6.45) is 4.35. The molecule has 6 rings (SSSR count). The number of thiophene rings is 1. The van der Waals surface area contributed by atoms with Gasteiger partial charge in [-0.15, -0.1) is 11.3 Å². The highest BCUT2D eigenvalue weighted by Crippen LogP contribution is 2.37. The molecule has 0 N–H and O–H groups in total. The molecule has 2 aromatic carbocycles. The van der Waals surface area contributed by atoms with Gasteiger partial charge in [0.2, 0.25) is 0 Å². The maximum absolute atomic E-state index is 14.7. The average molecular weight is 574 g/mol. The van der Waals surface area contributed by atoms with Crippen LogP contribution in [0.1, 0.15) is 11.1 Å². The Labute approximate surface area is 232 Å². The van der Waals surface area contributed by atoms with Gasteiger partial charge in [0, 0.05) is 22.6 Å². The van der Waals surface area contributed by atoms with Gasteiger partial charge in [-0.3, -0.25) is 19.5 Å². The van der Waals surface area contributed by atoms with Crippen LogP contribution in [0.3, 0.4) is 0 Å². The van der Waals surface area contributed by atoms with Crippen LogP contribution in [0.5, 0.6) is 0 Å². The van der Waals surface area contributed by atoms with E-state index in [0.717, 1.165) is 32.6 Å². The second-order valence-corrected chi connectivity index (χ2v) is 9.94. The summed E-state index contributed by atoms with van der Waals surface area (Å²) >= 11 is 1.08. The van der Waals surface area contributed by atoms with Crippen LogP contribution in [-0.4, -0.2) is 34.0 Å². The van der Waals surface area contributed by atoms with Crippen LogP contribution in [0, 0.1) is 28.7 Å². The normalized spacial score (nSPS) is 11.3. The molecule has 204 valence electrons. The number of nitro groups is 1. The molecule has 0 saturated heterocycles. The number of non-ortho nitro benzene ring substituents is 1. The van der Waals surface area contributed by atoms with Crippen molar-refractivity contribution in [2.24, 2.45) is 0 Å². The molecular weight excluding hydrogens is 556 g/mol. The van der Waals surface area contributed by atoms with Gasteiger partial charge in [0.1, 0.15) is 28.0 Å². The highest BCUT2D eigenvalue weighted by molar-refractivity contribution is 7.22. The van der Waals surface area contributed by atoms with Crippen molar-refractivity contribution in [2.75, 3.05) is 0 Å².